The number of aromatic nitrogens is 2. The van der Waals surface area contributed by atoms with Crippen LogP contribution in [0.25, 0.3) is 11.3 Å². The molecule has 3 aromatic rings. The van der Waals surface area contributed by atoms with Gasteiger partial charge in [-0.1, -0.05) is 37.3 Å². The largest absolute Gasteiger partial charge is 0.486 e. The predicted molar refractivity (Wildman–Crippen MR) is 111 cm³/mol. The lowest BCUT2D eigenvalue weighted by Gasteiger charge is -2.39. The summed E-state index contributed by atoms with van der Waals surface area (Å²) in [5.41, 5.74) is 3.07. The smallest absolute Gasteiger partial charge is 0.266 e. The quantitative estimate of drug-likeness (QED) is 0.673. The highest BCUT2D eigenvalue weighted by atomic mass is 16.5. The van der Waals surface area contributed by atoms with Crippen molar-refractivity contribution in [2.45, 2.75) is 19.4 Å². The number of carbonyl (C=O) groups is 1. The zero-order valence-electron chi connectivity index (χ0n) is 16.5. The molecule has 0 bridgehead atoms. The number of rotatable bonds is 5. The average Bonchev–Trinajstić information content (AvgIpc) is 2.72. The van der Waals surface area contributed by atoms with Gasteiger partial charge in [-0.3, -0.25) is 9.59 Å². The molecule has 6 nitrogen and oxygen atoms in total. The fraction of sp³-hybridized carbons (Fsp3) is 0.261. The Morgan fingerprint density at radius 3 is 2.66 bits per heavy atom. The summed E-state index contributed by atoms with van der Waals surface area (Å²) >= 11 is 0. The third-order valence-electron chi connectivity index (χ3n) is 5.15. The van der Waals surface area contributed by atoms with Crippen LogP contribution < -0.4 is 10.3 Å². The van der Waals surface area contributed by atoms with Crippen molar-refractivity contribution in [2.75, 3.05) is 13.1 Å². The molecule has 29 heavy (non-hydrogen) atoms. The summed E-state index contributed by atoms with van der Waals surface area (Å²) in [5.74, 6) is 0.871. The van der Waals surface area contributed by atoms with Gasteiger partial charge < -0.3 is 9.64 Å². The SMILES string of the molecule is CCc1ccccc1OC1CN(C(=O)c2cccc(-c3ccc(=O)n(C)n3)c2)C1. The molecular weight excluding hydrogens is 366 g/mol. The molecule has 1 fully saturated rings. The fourth-order valence-electron chi connectivity index (χ4n) is 3.42. The minimum atomic E-state index is -0.169. The third-order valence-corrected chi connectivity index (χ3v) is 5.15. The minimum Gasteiger partial charge on any atom is -0.486 e. The zero-order valence-corrected chi connectivity index (χ0v) is 16.5. The van der Waals surface area contributed by atoms with E-state index < -0.39 is 0 Å². The molecule has 2 aromatic carbocycles. The number of para-hydroxylation sites is 1. The second-order valence-corrected chi connectivity index (χ2v) is 7.17. The normalized spacial score (nSPS) is 13.8. The van der Waals surface area contributed by atoms with E-state index in [0.29, 0.717) is 24.3 Å². The Morgan fingerprint density at radius 1 is 1.10 bits per heavy atom. The lowest BCUT2D eigenvalue weighted by Crippen LogP contribution is -2.56. The van der Waals surface area contributed by atoms with Crippen LogP contribution in [0, 0.1) is 0 Å². The van der Waals surface area contributed by atoms with Crippen LogP contribution >= 0.6 is 0 Å². The van der Waals surface area contributed by atoms with E-state index in [4.69, 9.17) is 4.74 Å². The molecule has 0 unspecified atom stereocenters. The highest BCUT2D eigenvalue weighted by molar-refractivity contribution is 5.96. The van der Waals surface area contributed by atoms with Gasteiger partial charge in [-0.2, -0.15) is 5.10 Å². The summed E-state index contributed by atoms with van der Waals surface area (Å²) in [6, 6.07) is 18.5. The molecule has 1 aliphatic heterocycles. The number of benzene rings is 2. The Morgan fingerprint density at radius 2 is 1.90 bits per heavy atom. The summed E-state index contributed by atoms with van der Waals surface area (Å²) in [7, 11) is 1.61. The number of likely N-dealkylation sites (tertiary alicyclic amines) is 1. The number of hydrogen-bond donors (Lipinski definition) is 0. The maximum Gasteiger partial charge on any atom is 0.266 e. The van der Waals surface area contributed by atoms with Crippen molar-refractivity contribution in [2.24, 2.45) is 7.05 Å². The van der Waals surface area contributed by atoms with Gasteiger partial charge in [-0.05, 0) is 36.2 Å². The van der Waals surface area contributed by atoms with Crippen LogP contribution in [0.4, 0.5) is 0 Å². The van der Waals surface area contributed by atoms with Crippen LogP contribution in [0.15, 0.2) is 65.5 Å². The summed E-state index contributed by atoms with van der Waals surface area (Å²) in [6.07, 6.45) is 0.928. The molecule has 0 N–H and O–H groups in total. The fourth-order valence-corrected chi connectivity index (χ4v) is 3.42. The van der Waals surface area contributed by atoms with Crippen molar-refractivity contribution in [3.05, 3.63) is 82.1 Å². The number of ether oxygens (including phenoxy) is 1. The van der Waals surface area contributed by atoms with Crippen molar-refractivity contribution < 1.29 is 9.53 Å². The van der Waals surface area contributed by atoms with Gasteiger partial charge in [-0.15, -0.1) is 0 Å². The zero-order chi connectivity index (χ0) is 20.4. The Hall–Kier alpha value is -3.41. The Balaban J connectivity index is 1.43. The van der Waals surface area contributed by atoms with Gasteiger partial charge in [0.15, 0.2) is 0 Å². The van der Waals surface area contributed by atoms with Crippen LogP contribution in [0.3, 0.4) is 0 Å². The maximum absolute atomic E-state index is 12.8. The molecule has 4 rings (SSSR count). The Bertz CT molecular complexity index is 1100. The molecule has 1 amide bonds. The molecule has 148 valence electrons. The van der Waals surface area contributed by atoms with E-state index in [2.05, 4.69) is 18.1 Å². The first kappa shape index (κ1) is 18.9. The highest BCUT2D eigenvalue weighted by Crippen LogP contribution is 2.25. The van der Waals surface area contributed by atoms with Crippen molar-refractivity contribution in [1.29, 1.82) is 0 Å². The first-order valence-electron chi connectivity index (χ1n) is 9.74. The van der Waals surface area contributed by atoms with Crippen LogP contribution in [-0.4, -0.2) is 39.8 Å². The van der Waals surface area contributed by atoms with Gasteiger partial charge in [0.05, 0.1) is 18.8 Å². The number of carbonyl (C=O) groups excluding carboxylic acids is 1. The van der Waals surface area contributed by atoms with E-state index >= 15 is 0 Å². The molecule has 1 aromatic heterocycles. The molecule has 1 aliphatic rings. The second-order valence-electron chi connectivity index (χ2n) is 7.17. The molecule has 1 saturated heterocycles. The molecule has 0 spiro atoms. The topological polar surface area (TPSA) is 64.4 Å². The number of nitrogens with zero attached hydrogens (tertiary/aromatic N) is 3. The number of aryl methyl sites for hydroxylation is 2. The summed E-state index contributed by atoms with van der Waals surface area (Å²) in [6.45, 7) is 3.24. The molecule has 0 atom stereocenters. The second kappa shape index (κ2) is 7.91. The van der Waals surface area contributed by atoms with Gasteiger partial charge in [0.25, 0.3) is 11.5 Å². The van der Waals surface area contributed by atoms with E-state index in [1.165, 1.54) is 16.3 Å². The summed E-state index contributed by atoms with van der Waals surface area (Å²) in [4.78, 5) is 26.2. The number of amides is 1. The monoisotopic (exact) mass is 389 g/mol. The van der Waals surface area contributed by atoms with Crippen molar-refractivity contribution >= 4 is 5.91 Å². The van der Waals surface area contributed by atoms with Crippen molar-refractivity contribution in [3.63, 3.8) is 0 Å². The van der Waals surface area contributed by atoms with Gasteiger partial charge in [0.2, 0.25) is 0 Å². The van der Waals surface area contributed by atoms with Crippen molar-refractivity contribution in [1.82, 2.24) is 14.7 Å². The van der Waals surface area contributed by atoms with Gasteiger partial charge in [0.1, 0.15) is 11.9 Å². The first-order chi connectivity index (χ1) is 14.0. The highest BCUT2D eigenvalue weighted by Gasteiger charge is 2.33. The number of hydrogen-bond acceptors (Lipinski definition) is 4. The van der Waals surface area contributed by atoms with Crippen LogP contribution in [0.5, 0.6) is 5.75 Å². The molecule has 0 radical (unpaired) electrons. The summed E-state index contributed by atoms with van der Waals surface area (Å²) < 4.78 is 7.36. The van der Waals surface area contributed by atoms with Crippen LogP contribution in [-0.2, 0) is 13.5 Å². The molecule has 6 heteroatoms. The van der Waals surface area contributed by atoms with Gasteiger partial charge in [-0.25, -0.2) is 4.68 Å². The predicted octanol–water partition coefficient (Wildman–Crippen LogP) is 2.91. The minimum absolute atomic E-state index is 0.0140. The Kier molecular flexibility index (Phi) is 5.16. The van der Waals surface area contributed by atoms with Crippen LogP contribution in [0.1, 0.15) is 22.8 Å². The average molecular weight is 389 g/mol. The van der Waals surface area contributed by atoms with E-state index in [9.17, 15) is 9.59 Å². The third kappa shape index (κ3) is 3.92. The lowest BCUT2D eigenvalue weighted by molar-refractivity contribution is 0.0174. The standard InChI is InChI=1S/C23H23N3O3/c1-3-16-7-4-5-10-21(16)29-19-14-26(15-19)23(28)18-9-6-8-17(13-18)20-11-12-22(27)25(2)24-20/h4-13,19H,3,14-15H2,1-2H3. The van der Waals surface area contributed by atoms with E-state index in [1.54, 1.807) is 24.1 Å². The van der Waals surface area contributed by atoms with Gasteiger partial charge >= 0.3 is 0 Å². The van der Waals surface area contributed by atoms with Gasteiger partial charge in [0, 0.05) is 24.2 Å². The Labute approximate surface area is 169 Å². The molecular formula is C23H23N3O3. The first-order valence-corrected chi connectivity index (χ1v) is 9.74. The summed E-state index contributed by atoms with van der Waals surface area (Å²) in [5, 5.41) is 4.26. The van der Waals surface area contributed by atoms with Crippen molar-refractivity contribution in [3.8, 4) is 17.0 Å². The van der Waals surface area contributed by atoms with E-state index in [1.807, 2.05) is 36.4 Å². The molecule has 0 aliphatic carbocycles. The van der Waals surface area contributed by atoms with E-state index in [-0.39, 0.29) is 17.6 Å². The lowest BCUT2D eigenvalue weighted by atomic mass is 10.0. The van der Waals surface area contributed by atoms with Crippen LogP contribution in [0.2, 0.25) is 0 Å². The van der Waals surface area contributed by atoms with E-state index in [0.717, 1.165) is 17.7 Å². The molecule has 0 saturated carbocycles. The molecule has 2 heterocycles. The maximum atomic E-state index is 12.8.